The van der Waals surface area contributed by atoms with Gasteiger partial charge in [0, 0.05) is 62.4 Å². The first-order valence-corrected chi connectivity index (χ1v) is 9.62. The van der Waals surface area contributed by atoms with Gasteiger partial charge in [0.2, 0.25) is 5.91 Å². The molecule has 2 saturated heterocycles. The zero-order valence-electron chi connectivity index (χ0n) is 15.3. The monoisotopic (exact) mass is 364 g/mol. The molecule has 1 unspecified atom stereocenters. The minimum atomic E-state index is -0.198. The summed E-state index contributed by atoms with van der Waals surface area (Å²) in [7, 11) is 0. The summed E-state index contributed by atoms with van der Waals surface area (Å²) in [5, 5.41) is 0. The van der Waals surface area contributed by atoms with Crippen molar-refractivity contribution in [3.8, 4) is 0 Å². The number of carbonyl (C=O) groups is 2. The molecule has 2 aliphatic heterocycles. The number of nitrogens with zero attached hydrogens (tertiary/aromatic N) is 4. The fourth-order valence-corrected chi connectivity index (χ4v) is 4.19. The number of piperidine rings is 1. The van der Waals surface area contributed by atoms with Crippen LogP contribution in [-0.2, 0) is 4.79 Å². The molecule has 140 valence electrons. The van der Waals surface area contributed by atoms with Crippen LogP contribution >= 0.6 is 0 Å². The van der Waals surface area contributed by atoms with Crippen molar-refractivity contribution in [2.45, 2.75) is 25.2 Å². The maximum absolute atomic E-state index is 13.3. The lowest BCUT2D eigenvalue weighted by molar-refractivity contribution is -0.136. The molecule has 0 spiro atoms. The Morgan fingerprint density at radius 2 is 1.44 bits per heavy atom. The van der Waals surface area contributed by atoms with E-state index in [4.69, 9.17) is 0 Å². The van der Waals surface area contributed by atoms with Crippen LogP contribution in [0.25, 0.3) is 0 Å². The molecule has 2 fully saturated rings. The molecule has 0 aliphatic carbocycles. The average molecular weight is 364 g/mol. The molecule has 0 bridgehead atoms. The number of pyridine rings is 2. The van der Waals surface area contributed by atoms with Crippen molar-refractivity contribution in [2.75, 3.05) is 26.2 Å². The maximum Gasteiger partial charge on any atom is 0.254 e. The van der Waals surface area contributed by atoms with Crippen molar-refractivity contribution >= 4 is 11.8 Å². The average Bonchev–Trinajstić information content (AvgIpc) is 3.20. The predicted molar refractivity (Wildman–Crippen MR) is 101 cm³/mol. The Morgan fingerprint density at radius 1 is 0.815 bits per heavy atom. The van der Waals surface area contributed by atoms with Crippen LogP contribution in [-0.4, -0.2) is 57.8 Å². The van der Waals surface area contributed by atoms with E-state index in [1.54, 1.807) is 36.9 Å². The Morgan fingerprint density at radius 3 is 2.11 bits per heavy atom. The number of amides is 2. The molecule has 4 heterocycles. The summed E-state index contributed by atoms with van der Waals surface area (Å²) >= 11 is 0. The lowest BCUT2D eigenvalue weighted by Gasteiger charge is -2.30. The summed E-state index contributed by atoms with van der Waals surface area (Å²) in [5.41, 5.74) is 1.69. The Hall–Kier alpha value is -2.76. The van der Waals surface area contributed by atoms with Gasteiger partial charge in [0.25, 0.3) is 5.91 Å². The minimum Gasteiger partial charge on any atom is -0.342 e. The van der Waals surface area contributed by atoms with Gasteiger partial charge in [0.1, 0.15) is 0 Å². The molecule has 6 nitrogen and oxygen atoms in total. The van der Waals surface area contributed by atoms with Crippen LogP contribution in [0.3, 0.4) is 0 Å². The van der Waals surface area contributed by atoms with Gasteiger partial charge >= 0.3 is 0 Å². The number of hydrogen-bond acceptors (Lipinski definition) is 4. The summed E-state index contributed by atoms with van der Waals surface area (Å²) in [6.07, 6.45) is 10.1. The number of aromatic nitrogens is 2. The Bertz CT molecular complexity index is 790. The molecule has 0 N–H and O–H groups in total. The van der Waals surface area contributed by atoms with Gasteiger partial charge in [0.15, 0.2) is 0 Å². The fourth-order valence-electron chi connectivity index (χ4n) is 4.19. The van der Waals surface area contributed by atoms with Crippen molar-refractivity contribution in [1.82, 2.24) is 19.8 Å². The number of rotatable bonds is 3. The topological polar surface area (TPSA) is 66.4 Å². The van der Waals surface area contributed by atoms with Crippen molar-refractivity contribution in [1.29, 1.82) is 0 Å². The highest BCUT2D eigenvalue weighted by Crippen LogP contribution is 2.35. The molecule has 27 heavy (non-hydrogen) atoms. The van der Waals surface area contributed by atoms with E-state index < -0.39 is 0 Å². The number of hydrogen-bond donors (Lipinski definition) is 0. The van der Waals surface area contributed by atoms with E-state index in [9.17, 15) is 9.59 Å². The smallest absolute Gasteiger partial charge is 0.254 e. The molecule has 6 heteroatoms. The van der Waals surface area contributed by atoms with E-state index >= 15 is 0 Å². The highest BCUT2D eigenvalue weighted by molar-refractivity contribution is 5.95. The molecular formula is C21H24N4O2. The molecule has 2 atom stereocenters. The summed E-state index contributed by atoms with van der Waals surface area (Å²) in [6.45, 7) is 2.67. The minimum absolute atomic E-state index is 0.00761. The molecule has 2 aliphatic rings. The number of likely N-dealkylation sites (tertiary alicyclic amines) is 2. The van der Waals surface area contributed by atoms with Crippen molar-refractivity contribution in [3.05, 3.63) is 60.2 Å². The molecule has 0 aromatic carbocycles. The van der Waals surface area contributed by atoms with Crippen molar-refractivity contribution in [3.63, 3.8) is 0 Å². The van der Waals surface area contributed by atoms with E-state index in [0.717, 1.165) is 31.5 Å². The normalized spacial score (nSPS) is 22.7. The van der Waals surface area contributed by atoms with E-state index in [0.29, 0.717) is 18.7 Å². The summed E-state index contributed by atoms with van der Waals surface area (Å²) in [6, 6.07) is 7.37. The number of carbonyl (C=O) groups excluding carboxylic acids is 2. The summed E-state index contributed by atoms with van der Waals surface area (Å²) in [4.78, 5) is 38.1. The van der Waals surface area contributed by atoms with Crippen LogP contribution < -0.4 is 0 Å². The first-order valence-electron chi connectivity index (χ1n) is 9.62. The van der Waals surface area contributed by atoms with Gasteiger partial charge in [-0.1, -0.05) is 0 Å². The molecule has 0 radical (unpaired) electrons. The van der Waals surface area contributed by atoms with E-state index in [1.165, 1.54) is 6.42 Å². The SMILES string of the molecule is O=C(c1ccncc1)N1CC(C(=O)N2CCCCC2)[C@H](c2ccncc2)C1. The van der Waals surface area contributed by atoms with Crippen LogP contribution in [0.15, 0.2) is 49.1 Å². The zero-order chi connectivity index (χ0) is 18.6. The van der Waals surface area contributed by atoms with Crippen molar-refractivity contribution in [2.24, 2.45) is 5.92 Å². The second-order valence-corrected chi connectivity index (χ2v) is 7.33. The summed E-state index contributed by atoms with van der Waals surface area (Å²) < 4.78 is 0. The standard InChI is InChI=1S/C21H24N4O2/c26-20(17-6-10-23-11-7-17)25-14-18(16-4-8-22-9-5-16)19(15-25)21(27)24-12-2-1-3-13-24/h4-11,18-19H,1-3,12-15H2/t18-,19?/m0/s1. The van der Waals surface area contributed by atoms with Gasteiger partial charge in [0.05, 0.1) is 5.92 Å². The zero-order valence-corrected chi connectivity index (χ0v) is 15.3. The van der Waals surface area contributed by atoms with Crippen LogP contribution in [0, 0.1) is 5.92 Å². The summed E-state index contributed by atoms with van der Waals surface area (Å²) in [5.74, 6) is -0.0450. The predicted octanol–water partition coefficient (Wildman–Crippen LogP) is 2.34. The molecule has 4 rings (SSSR count). The third-order valence-corrected chi connectivity index (χ3v) is 5.65. The Labute approximate surface area is 159 Å². The Balaban J connectivity index is 1.59. The third kappa shape index (κ3) is 3.70. The second-order valence-electron chi connectivity index (χ2n) is 7.33. The van der Waals surface area contributed by atoms with Crippen molar-refractivity contribution < 1.29 is 9.59 Å². The third-order valence-electron chi connectivity index (χ3n) is 5.65. The fraction of sp³-hybridized carbons (Fsp3) is 0.429. The molecule has 2 aromatic heterocycles. The lowest BCUT2D eigenvalue weighted by atomic mass is 9.88. The van der Waals surface area contributed by atoms with Gasteiger partial charge in [-0.2, -0.15) is 0 Å². The Kier molecular flexibility index (Phi) is 5.14. The quantitative estimate of drug-likeness (QED) is 0.838. The lowest BCUT2D eigenvalue weighted by Crippen LogP contribution is -2.42. The highest BCUT2D eigenvalue weighted by Gasteiger charge is 2.42. The van der Waals surface area contributed by atoms with Gasteiger partial charge < -0.3 is 9.80 Å². The first kappa shape index (κ1) is 17.6. The van der Waals surface area contributed by atoms with Gasteiger partial charge in [-0.15, -0.1) is 0 Å². The maximum atomic E-state index is 13.3. The van der Waals surface area contributed by atoms with Gasteiger partial charge in [-0.05, 0) is 49.1 Å². The van der Waals surface area contributed by atoms with Crippen LogP contribution in [0.1, 0.15) is 41.1 Å². The molecule has 2 aromatic rings. The van der Waals surface area contributed by atoms with Gasteiger partial charge in [-0.3, -0.25) is 19.6 Å². The molecule has 0 saturated carbocycles. The largest absolute Gasteiger partial charge is 0.342 e. The highest BCUT2D eigenvalue weighted by atomic mass is 16.2. The van der Waals surface area contributed by atoms with Crippen LogP contribution in [0.4, 0.5) is 0 Å². The van der Waals surface area contributed by atoms with Crippen LogP contribution in [0.2, 0.25) is 0 Å². The molecule has 2 amide bonds. The van der Waals surface area contributed by atoms with Gasteiger partial charge in [-0.25, -0.2) is 0 Å². The first-order chi connectivity index (χ1) is 13.2. The second kappa shape index (κ2) is 7.86. The van der Waals surface area contributed by atoms with Crippen LogP contribution in [0.5, 0.6) is 0 Å². The van der Waals surface area contributed by atoms with E-state index in [-0.39, 0.29) is 23.7 Å². The van der Waals surface area contributed by atoms with E-state index in [1.807, 2.05) is 21.9 Å². The molecular weight excluding hydrogens is 340 g/mol. The van der Waals surface area contributed by atoms with E-state index in [2.05, 4.69) is 9.97 Å².